The van der Waals surface area contributed by atoms with E-state index in [4.69, 9.17) is 4.74 Å². The number of benzene rings is 1. The number of carboxylic acids is 2. The van der Waals surface area contributed by atoms with E-state index in [2.05, 4.69) is 0 Å². The predicted molar refractivity (Wildman–Crippen MR) is 94.6 cm³/mol. The molecule has 0 heterocycles. The van der Waals surface area contributed by atoms with Crippen molar-refractivity contribution in [3.63, 3.8) is 0 Å². The zero-order chi connectivity index (χ0) is 20.6. The highest BCUT2D eigenvalue weighted by molar-refractivity contribution is 6.02. The Hall–Kier alpha value is -2.70. The normalized spacial score (nSPS) is 27.8. The molecule has 2 rings (SSSR count). The van der Waals surface area contributed by atoms with Crippen molar-refractivity contribution in [2.24, 2.45) is 10.8 Å². The fraction of sp³-hybridized carbons (Fsp3) is 0.450. The van der Waals surface area contributed by atoms with Gasteiger partial charge in [-0.15, -0.1) is 0 Å². The maximum Gasteiger partial charge on any atom is 0.327 e. The van der Waals surface area contributed by atoms with Crippen LogP contribution in [0.1, 0.15) is 45.6 Å². The molecule has 1 aliphatic rings. The summed E-state index contributed by atoms with van der Waals surface area (Å²) in [4.78, 5) is 36.8. The van der Waals surface area contributed by atoms with Crippen LogP contribution in [-0.2, 0) is 19.1 Å². The highest BCUT2D eigenvalue weighted by atomic mass is 19.1. The monoisotopic (exact) mass is 378 g/mol. The zero-order valence-electron chi connectivity index (χ0n) is 15.7. The summed E-state index contributed by atoms with van der Waals surface area (Å²) in [7, 11) is 0. The van der Waals surface area contributed by atoms with Gasteiger partial charge in [0.2, 0.25) is 0 Å². The highest BCUT2D eigenvalue weighted by Crippen LogP contribution is 2.51. The second-order valence-corrected chi connectivity index (χ2v) is 8.07. The Morgan fingerprint density at radius 1 is 1.11 bits per heavy atom. The third-order valence-corrected chi connectivity index (χ3v) is 4.77. The van der Waals surface area contributed by atoms with Gasteiger partial charge in [-0.05, 0) is 51.8 Å². The van der Waals surface area contributed by atoms with Gasteiger partial charge < -0.3 is 14.9 Å². The minimum absolute atomic E-state index is 0.468. The van der Waals surface area contributed by atoms with Gasteiger partial charge in [0.15, 0.2) is 5.41 Å². The van der Waals surface area contributed by atoms with Gasteiger partial charge in [-0.1, -0.05) is 24.3 Å². The van der Waals surface area contributed by atoms with Crippen molar-refractivity contribution in [1.82, 2.24) is 0 Å². The molecule has 7 heteroatoms. The van der Waals surface area contributed by atoms with Crippen molar-refractivity contribution >= 4 is 17.9 Å². The lowest BCUT2D eigenvalue weighted by atomic mass is 9.60. The molecule has 0 bridgehead atoms. The fourth-order valence-corrected chi connectivity index (χ4v) is 3.32. The van der Waals surface area contributed by atoms with Crippen LogP contribution in [0.2, 0.25) is 0 Å². The third kappa shape index (κ3) is 3.86. The van der Waals surface area contributed by atoms with E-state index in [0.29, 0.717) is 5.56 Å². The van der Waals surface area contributed by atoms with Crippen molar-refractivity contribution in [3.8, 4) is 0 Å². The number of carboxylic acid groups (broad SMARTS) is 2. The molecule has 0 amide bonds. The lowest BCUT2D eigenvalue weighted by Gasteiger charge is -2.42. The first kappa shape index (κ1) is 20.6. The van der Waals surface area contributed by atoms with Gasteiger partial charge in [0.1, 0.15) is 11.4 Å². The average Bonchev–Trinajstić information content (AvgIpc) is 2.53. The number of hydrogen-bond donors (Lipinski definition) is 2. The van der Waals surface area contributed by atoms with Crippen molar-refractivity contribution in [3.05, 3.63) is 47.8 Å². The maximum atomic E-state index is 13.2. The molecule has 6 nitrogen and oxygen atoms in total. The minimum atomic E-state index is -2.11. The van der Waals surface area contributed by atoms with E-state index < -0.39 is 52.5 Å². The molecule has 27 heavy (non-hydrogen) atoms. The second kappa shape index (κ2) is 6.79. The van der Waals surface area contributed by atoms with E-state index in [1.165, 1.54) is 43.3 Å². The number of rotatable bonds is 4. The standard InChI is InChI=1S/C20H23FO6/c1-18(2,3)27-17(26)20(16(24)25)10-9-14(19(4,11-20)15(22)23)12-5-7-13(21)8-6-12/h5-10,14H,11H2,1-4H3,(H,22,23)(H,24,25). The topological polar surface area (TPSA) is 101 Å². The number of hydrogen-bond acceptors (Lipinski definition) is 4. The number of carbonyl (C=O) groups excluding carboxylic acids is 1. The molecule has 3 atom stereocenters. The molecule has 0 spiro atoms. The van der Waals surface area contributed by atoms with Crippen LogP contribution in [0.4, 0.5) is 4.39 Å². The van der Waals surface area contributed by atoms with Gasteiger partial charge >= 0.3 is 17.9 Å². The summed E-state index contributed by atoms with van der Waals surface area (Å²) < 4.78 is 18.5. The molecule has 0 fully saturated rings. The Morgan fingerprint density at radius 3 is 2.11 bits per heavy atom. The number of esters is 1. The van der Waals surface area contributed by atoms with Gasteiger partial charge in [-0.25, -0.2) is 4.39 Å². The van der Waals surface area contributed by atoms with Crippen LogP contribution in [-0.4, -0.2) is 33.7 Å². The Balaban J connectivity index is 2.57. The van der Waals surface area contributed by atoms with Gasteiger partial charge in [0.25, 0.3) is 0 Å². The molecular weight excluding hydrogens is 355 g/mol. The van der Waals surface area contributed by atoms with Crippen LogP contribution in [0.3, 0.4) is 0 Å². The first-order chi connectivity index (χ1) is 12.3. The van der Waals surface area contributed by atoms with E-state index in [0.717, 1.165) is 0 Å². The molecule has 0 radical (unpaired) electrons. The summed E-state index contributed by atoms with van der Waals surface area (Å²) in [6, 6.07) is 5.32. The predicted octanol–water partition coefficient (Wildman–Crippen LogP) is 3.37. The Kier molecular flexibility index (Phi) is 5.19. The SMILES string of the molecule is CC(C)(C)OC(=O)C1(C(=O)O)C=CC(c2ccc(F)cc2)C(C)(C(=O)O)C1. The molecule has 0 saturated heterocycles. The molecule has 1 aromatic rings. The molecular formula is C20H23FO6. The van der Waals surface area contributed by atoms with E-state index in [-0.39, 0.29) is 0 Å². The van der Waals surface area contributed by atoms with Crippen molar-refractivity contribution in [1.29, 1.82) is 0 Å². The highest BCUT2D eigenvalue weighted by Gasteiger charge is 2.58. The molecule has 1 aliphatic carbocycles. The van der Waals surface area contributed by atoms with Crippen LogP contribution in [0, 0.1) is 16.6 Å². The van der Waals surface area contributed by atoms with Crippen LogP contribution in [0.5, 0.6) is 0 Å². The molecule has 146 valence electrons. The van der Waals surface area contributed by atoms with Gasteiger partial charge in [0.05, 0.1) is 5.41 Å². The summed E-state index contributed by atoms with van der Waals surface area (Å²) in [6.45, 7) is 6.19. The van der Waals surface area contributed by atoms with Gasteiger partial charge in [-0.3, -0.25) is 14.4 Å². The van der Waals surface area contributed by atoms with E-state index in [9.17, 15) is 29.0 Å². The molecule has 0 aliphatic heterocycles. The fourth-order valence-electron chi connectivity index (χ4n) is 3.32. The van der Waals surface area contributed by atoms with Crippen LogP contribution < -0.4 is 0 Å². The number of aliphatic carboxylic acids is 2. The quantitative estimate of drug-likeness (QED) is 0.473. The van der Waals surface area contributed by atoms with Crippen LogP contribution >= 0.6 is 0 Å². The summed E-state index contributed by atoms with van der Waals surface area (Å²) in [5.41, 5.74) is -4.14. The van der Waals surface area contributed by atoms with Crippen LogP contribution in [0.25, 0.3) is 0 Å². The minimum Gasteiger partial charge on any atom is -0.481 e. The first-order valence-electron chi connectivity index (χ1n) is 8.47. The lowest BCUT2D eigenvalue weighted by molar-refractivity contribution is -0.177. The zero-order valence-corrected chi connectivity index (χ0v) is 15.7. The largest absolute Gasteiger partial charge is 0.481 e. The number of carbonyl (C=O) groups is 3. The summed E-state index contributed by atoms with van der Waals surface area (Å²) in [6.07, 6.45) is 2.10. The van der Waals surface area contributed by atoms with Gasteiger partial charge in [0, 0.05) is 5.92 Å². The number of allylic oxidation sites excluding steroid dienone is 1. The van der Waals surface area contributed by atoms with Crippen molar-refractivity contribution in [2.75, 3.05) is 0 Å². The van der Waals surface area contributed by atoms with Crippen LogP contribution in [0.15, 0.2) is 36.4 Å². The Morgan fingerprint density at radius 2 is 1.67 bits per heavy atom. The van der Waals surface area contributed by atoms with Gasteiger partial charge in [-0.2, -0.15) is 0 Å². The molecule has 1 aromatic carbocycles. The molecule has 2 N–H and O–H groups in total. The second-order valence-electron chi connectivity index (χ2n) is 8.07. The van der Waals surface area contributed by atoms with Crippen molar-refractivity contribution in [2.45, 2.75) is 45.6 Å². The molecule has 3 unspecified atom stereocenters. The molecule has 0 saturated carbocycles. The Bertz CT molecular complexity index is 792. The Labute approximate surface area is 156 Å². The lowest BCUT2D eigenvalue weighted by Crippen LogP contribution is -2.51. The van der Waals surface area contributed by atoms with E-state index in [1.807, 2.05) is 0 Å². The average molecular weight is 378 g/mol. The third-order valence-electron chi connectivity index (χ3n) is 4.77. The summed E-state index contributed by atoms with van der Waals surface area (Å²) in [5, 5.41) is 19.6. The molecule has 0 aromatic heterocycles. The summed E-state index contributed by atoms with van der Waals surface area (Å²) >= 11 is 0. The first-order valence-corrected chi connectivity index (χ1v) is 8.47. The summed E-state index contributed by atoms with van der Waals surface area (Å²) in [5.74, 6) is -4.94. The maximum absolute atomic E-state index is 13.2. The van der Waals surface area contributed by atoms with E-state index >= 15 is 0 Å². The van der Waals surface area contributed by atoms with Crippen molar-refractivity contribution < 1.29 is 33.7 Å². The van der Waals surface area contributed by atoms with E-state index in [1.54, 1.807) is 20.8 Å². The smallest absolute Gasteiger partial charge is 0.327 e. The number of halogens is 1. The number of ether oxygens (including phenoxy) is 1.